The van der Waals surface area contributed by atoms with Gasteiger partial charge in [-0.15, -0.1) is 0 Å². The van der Waals surface area contributed by atoms with Crippen LogP contribution in [0.25, 0.3) is 0 Å². The monoisotopic (exact) mass is 297 g/mol. The lowest BCUT2D eigenvalue weighted by molar-refractivity contribution is -0.140. The first-order chi connectivity index (χ1) is 9.74. The van der Waals surface area contributed by atoms with Crippen molar-refractivity contribution >= 4 is 17.7 Å². The molecule has 0 fully saturated rings. The van der Waals surface area contributed by atoms with E-state index in [-0.39, 0.29) is 18.8 Å². The van der Waals surface area contributed by atoms with Gasteiger partial charge in [0.05, 0.1) is 13.5 Å². The summed E-state index contributed by atoms with van der Waals surface area (Å²) in [7, 11) is 3.34. The van der Waals surface area contributed by atoms with E-state index in [0.717, 1.165) is 28.6 Å². The lowest BCUT2D eigenvalue weighted by atomic mass is 10.1. The highest BCUT2D eigenvalue weighted by Crippen LogP contribution is 2.34. The van der Waals surface area contributed by atoms with Gasteiger partial charge in [0.1, 0.15) is 0 Å². The molecule has 1 aliphatic heterocycles. The van der Waals surface area contributed by atoms with Crippen molar-refractivity contribution < 1.29 is 19.0 Å². The number of hydrogen-bond donors (Lipinski definition) is 1. The van der Waals surface area contributed by atoms with Crippen molar-refractivity contribution in [2.75, 3.05) is 32.5 Å². The Hall–Kier alpha value is -1.40. The van der Waals surface area contributed by atoms with Crippen LogP contribution < -0.4 is 14.8 Å². The predicted molar refractivity (Wildman–Crippen MR) is 78.3 cm³/mol. The van der Waals surface area contributed by atoms with E-state index >= 15 is 0 Å². The number of carbonyl (C=O) groups is 1. The summed E-state index contributed by atoms with van der Waals surface area (Å²) in [6.45, 7) is 0.289. The van der Waals surface area contributed by atoms with Crippen LogP contribution in [0, 0.1) is 0 Å². The Morgan fingerprint density at radius 2 is 2.25 bits per heavy atom. The summed E-state index contributed by atoms with van der Waals surface area (Å²) < 4.78 is 15.3. The minimum Gasteiger partial charge on any atom is -0.469 e. The van der Waals surface area contributed by atoms with Gasteiger partial charge in [-0.25, -0.2) is 0 Å². The molecule has 1 atom stereocenters. The first kappa shape index (κ1) is 15.0. The van der Waals surface area contributed by atoms with Crippen molar-refractivity contribution in [1.29, 1.82) is 0 Å². The number of rotatable bonds is 7. The van der Waals surface area contributed by atoms with Crippen molar-refractivity contribution in [2.24, 2.45) is 0 Å². The van der Waals surface area contributed by atoms with E-state index in [1.54, 1.807) is 11.8 Å². The van der Waals surface area contributed by atoms with Crippen molar-refractivity contribution in [3.8, 4) is 11.5 Å². The zero-order chi connectivity index (χ0) is 14.4. The standard InChI is InChI=1S/C14H19NO4S/c1-15-11(8-20-6-5-14(16)17-2)10-3-4-12-13(7-10)19-9-18-12/h3-4,7,11,15H,5-6,8-9H2,1-2H3. The number of ether oxygens (including phenoxy) is 3. The molecule has 1 unspecified atom stereocenters. The summed E-state index contributed by atoms with van der Waals surface area (Å²) in [4.78, 5) is 11.0. The van der Waals surface area contributed by atoms with Gasteiger partial charge in [0, 0.05) is 17.5 Å². The third-order valence-corrected chi connectivity index (χ3v) is 4.17. The maximum Gasteiger partial charge on any atom is 0.306 e. The highest BCUT2D eigenvalue weighted by molar-refractivity contribution is 7.99. The van der Waals surface area contributed by atoms with Crippen LogP contribution in [0.5, 0.6) is 11.5 Å². The zero-order valence-electron chi connectivity index (χ0n) is 11.7. The van der Waals surface area contributed by atoms with Gasteiger partial charge < -0.3 is 19.5 Å². The van der Waals surface area contributed by atoms with Gasteiger partial charge >= 0.3 is 5.97 Å². The SMILES string of the molecule is CNC(CSCCC(=O)OC)c1ccc2c(c1)OCO2. The number of esters is 1. The van der Waals surface area contributed by atoms with Crippen molar-refractivity contribution in [3.05, 3.63) is 23.8 Å². The number of carbonyl (C=O) groups excluding carboxylic acids is 1. The average Bonchev–Trinajstić information content (AvgIpc) is 2.94. The normalized spacial score (nSPS) is 14.1. The molecule has 1 aromatic carbocycles. The zero-order valence-corrected chi connectivity index (χ0v) is 12.5. The topological polar surface area (TPSA) is 56.8 Å². The van der Waals surface area contributed by atoms with Crippen LogP contribution in [0.1, 0.15) is 18.0 Å². The Balaban J connectivity index is 1.86. The summed E-state index contributed by atoms with van der Waals surface area (Å²) in [5.74, 6) is 3.06. The number of hydrogen-bond acceptors (Lipinski definition) is 6. The maximum atomic E-state index is 11.0. The van der Waals surface area contributed by atoms with Gasteiger partial charge in [-0.2, -0.15) is 11.8 Å². The third-order valence-electron chi connectivity index (χ3n) is 3.11. The Morgan fingerprint density at radius 3 is 3.00 bits per heavy atom. The van der Waals surface area contributed by atoms with E-state index in [2.05, 4.69) is 10.1 Å². The molecule has 5 nitrogen and oxygen atoms in total. The number of benzene rings is 1. The van der Waals surface area contributed by atoms with E-state index in [1.807, 2.05) is 25.2 Å². The first-order valence-corrected chi connectivity index (χ1v) is 7.61. The van der Waals surface area contributed by atoms with Crippen LogP contribution in [-0.4, -0.2) is 38.4 Å². The largest absolute Gasteiger partial charge is 0.469 e. The molecule has 2 rings (SSSR count). The molecular formula is C14H19NO4S. The van der Waals surface area contributed by atoms with Crippen LogP contribution in [0.3, 0.4) is 0 Å². The third kappa shape index (κ3) is 3.80. The van der Waals surface area contributed by atoms with Crippen LogP contribution in [-0.2, 0) is 9.53 Å². The van der Waals surface area contributed by atoms with E-state index in [1.165, 1.54) is 7.11 Å². The molecule has 20 heavy (non-hydrogen) atoms. The van der Waals surface area contributed by atoms with Gasteiger partial charge in [0.2, 0.25) is 6.79 Å². The van der Waals surface area contributed by atoms with Gasteiger partial charge in [0.25, 0.3) is 0 Å². The molecule has 0 bridgehead atoms. The summed E-state index contributed by atoms with van der Waals surface area (Å²) >= 11 is 1.72. The van der Waals surface area contributed by atoms with Crippen LogP contribution >= 0.6 is 11.8 Å². The lowest BCUT2D eigenvalue weighted by Gasteiger charge is -2.16. The molecule has 1 N–H and O–H groups in total. The molecule has 6 heteroatoms. The van der Waals surface area contributed by atoms with Crippen molar-refractivity contribution in [3.63, 3.8) is 0 Å². The van der Waals surface area contributed by atoms with Crippen LogP contribution in [0.2, 0.25) is 0 Å². The Kier molecular flexibility index (Phi) is 5.55. The van der Waals surface area contributed by atoms with E-state index in [4.69, 9.17) is 9.47 Å². The fourth-order valence-electron chi connectivity index (χ4n) is 1.93. The lowest BCUT2D eigenvalue weighted by Crippen LogP contribution is -2.19. The maximum absolute atomic E-state index is 11.0. The molecule has 1 heterocycles. The average molecular weight is 297 g/mol. The Bertz CT molecular complexity index is 466. The Morgan fingerprint density at radius 1 is 1.45 bits per heavy atom. The molecule has 0 saturated carbocycles. The minimum atomic E-state index is -0.165. The molecule has 0 spiro atoms. The number of methoxy groups -OCH3 is 1. The molecule has 0 saturated heterocycles. The van der Waals surface area contributed by atoms with Crippen LogP contribution in [0.4, 0.5) is 0 Å². The molecule has 1 aliphatic rings. The number of fused-ring (bicyclic) bond motifs is 1. The molecule has 0 aromatic heterocycles. The van der Waals surface area contributed by atoms with Crippen molar-refractivity contribution in [2.45, 2.75) is 12.5 Å². The highest BCUT2D eigenvalue weighted by Gasteiger charge is 2.17. The number of nitrogens with one attached hydrogen (secondary N) is 1. The van der Waals surface area contributed by atoms with E-state index in [9.17, 15) is 4.79 Å². The van der Waals surface area contributed by atoms with Gasteiger partial charge in [0.15, 0.2) is 11.5 Å². The second kappa shape index (κ2) is 7.40. The smallest absolute Gasteiger partial charge is 0.306 e. The van der Waals surface area contributed by atoms with E-state index in [0.29, 0.717) is 6.42 Å². The predicted octanol–water partition coefficient (Wildman–Crippen LogP) is 1.97. The summed E-state index contributed by atoms with van der Waals surface area (Å²) in [5, 5.41) is 3.28. The fraction of sp³-hybridized carbons (Fsp3) is 0.500. The number of thioether (sulfide) groups is 1. The van der Waals surface area contributed by atoms with Crippen molar-refractivity contribution in [1.82, 2.24) is 5.32 Å². The van der Waals surface area contributed by atoms with Crippen LogP contribution in [0.15, 0.2) is 18.2 Å². The molecule has 110 valence electrons. The first-order valence-electron chi connectivity index (χ1n) is 6.46. The minimum absolute atomic E-state index is 0.165. The van der Waals surface area contributed by atoms with Gasteiger partial charge in [-0.3, -0.25) is 4.79 Å². The second-order valence-electron chi connectivity index (χ2n) is 4.36. The van der Waals surface area contributed by atoms with E-state index < -0.39 is 0 Å². The highest BCUT2D eigenvalue weighted by atomic mass is 32.2. The summed E-state index contributed by atoms with van der Waals surface area (Å²) in [5.41, 5.74) is 1.15. The van der Waals surface area contributed by atoms with Gasteiger partial charge in [-0.1, -0.05) is 6.07 Å². The molecule has 1 aromatic rings. The Labute approximate surface area is 123 Å². The summed E-state index contributed by atoms with van der Waals surface area (Å²) in [6, 6.07) is 6.19. The molecule has 0 radical (unpaired) electrons. The van der Waals surface area contributed by atoms with Gasteiger partial charge in [-0.05, 0) is 24.7 Å². The molecule has 0 amide bonds. The molecular weight excluding hydrogens is 278 g/mol. The summed E-state index contributed by atoms with van der Waals surface area (Å²) in [6.07, 6.45) is 0.443. The fourth-order valence-corrected chi connectivity index (χ4v) is 3.01. The quantitative estimate of drug-likeness (QED) is 0.613. The second-order valence-corrected chi connectivity index (χ2v) is 5.50. The molecule has 0 aliphatic carbocycles.